The number of hydrogen-bond acceptors (Lipinski definition) is 2. The molecule has 2 rings (SSSR count). The van der Waals surface area contributed by atoms with Crippen molar-refractivity contribution in [3.8, 4) is 0 Å². The lowest BCUT2D eigenvalue weighted by Crippen LogP contribution is -2.46. The molecule has 0 atom stereocenters. The Kier molecular flexibility index (Phi) is 6.44. The molecule has 1 fully saturated rings. The number of nitrogens with zero attached hydrogens (tertiary/aromatic N) is 2. The van der Waals surface area contributed by atoms with Crippen LogP contribution < -0.4 is 10.6 Å². The zero-order valence-corrected chi connectivity index (χ0v) is 14.4. The Morgan fingerprint density at radius 2 is 1.87 bits per heavy atom. The van der Waals surface area contributed by atoms with E-state index >= 15 is 0 Å². The number of nitrogens with one attached hydrogen (secondary N) is 2. The molecule has 0 aromatic heterocycles. The lowest BCUT2D eigenvalue weighted by atomic mass is 10.1. The number of likely N-dealkylation sites (N-methyl/N-ethyl adjacent to an activating group) is 1. The van der Waals surface area contributed by atoms with Crippen LogP contribution in [0.15, 0.2) is 29.3 Å². The summed E-state index contributed by atoms with van der Waals surface area (Å²) in [5, 5.41) is 6.62. The number of amides is 1. The van der Waals surface area contributed by atoms with Crippen molar-refractivity contribution in [3.05, 3.63) is 35.4 Å². The van der Waals surface area contributed by atoms with Crippen LogP contribution in [0.2, 0.25) is 0 Å². The summed E-state index contributed by atoms with van der Waals surface area (Å²) in [5.41, 5.74) is 2.42. The maximum atomic E-state index is 11.8. The number of aliphatic imine (C=N–C) groups is 1. The van der Waals surface area contributed by atoms with Crippen molar-refractivity contribution in [2.45, 2.75) is 45.2 Å². The molecule has 0 heterocycles. The van der Waals surface area contributed by atoms with Crippen molar-refractivity contribution < 1.29 is 4.79 Å². The van der Waals surface area contributed by atoms with Gasteiger partial charge in [0.15, 0.2) is 5.96 Å². The summed E-state index contributed by atoms with van der Waals surface area (Å²) < 4.78 is 0. The maximum Gasteiger partial charge on any atom is 0.241 e. The zero-order chi connectivity index (χ0) is 16.7. The lowest BCUT2D eigenvalue weighted by Gasteiger charge is -2.18. The number of benzene rings is 1. The van der Waals surface area contributed by atoms with Crippen LogP contribution in [-0.4, -0.2) is 43.4 Å². The molecule has 1 aliphatic carbocycles. The van der Waals surface area contributed by atoms with Gasteiger partial charge in [0, 0.05) is 20.1 Å². The van der Waals surface area contributed by atoms with E-state index in [1.165, 1.54) is 36.8 Å². The van der Waals surface area contributed by atoms with Gasteiger partial charge in [-0.3, -0.25) is 4.79 Å². The highest BCUT2D eigenvalue weighted by molar-refractivity contribution is 5.86. The molecule has 0 spiro atoms. The van der Waals surface area contributed by atoms with Gasteiger partial charge >= 0.3 is 0 Å². The molecule has 1 aromatic carbocycles. The van der Waals surface area contributed by atoms with E-state index in [9.17, 15) is 4.79 Å². The van der Waals surface area contributed by atoms with E-state index in [1.54, 1.807) is 19.0 Å². The lowest BCUT2D eigenvalue weighted by molar-refractivity contribution is -0.127. The van der Waals surface area contributed by atoms with E-state index in [0.29, 0.717) is 12.6 Å². The van der Waals surface area contributed by atoms with Crippen LogP contribution in [0, 0.1) is 6.92 Å². The summed E-state index contributed by atoms with van der Waals surface area (Å²) in [4.78, 5) is 18.0. The van der Waals surface area contributed by atoms with Crippen LogP contribution in [-0.2, 0) is 11.3 Å². The monoisotopic (exact) mass is 316 g/mol. The molecule has 0 saturated heterocycles. The zero-order valence-electron chi connectivity index (χ0n) is 14.4. The van der Waals surface area contributed by atoms with E-state index in [2.05, 4.69) is 46.8 Å². The van der Waals surface area contributed by atoms with Crippen LogP contribution in [0.1, 0.15) is 36.8 Å². The Morgan fingerprint density at radius 1 is 1.22 bits per heavy atom. The van der Waals surface area contributed by atoms with Crippen LogP contribution in [0.4, 0.5) is 0 Å². The topological polar surface area (TPSA) is 56.7 Å². The van der Waals surface area contributed by atoms with Crippen molar-refractivity contribution in [1.82, 2.24) is 15.5 Å². The number of rotatable bonds is 5. The molecule has 5 heteroatoms. The first-order valence-corrected chi connectivity index (χ1v) is 8.35. The summed E-state index contributed by atoms with van der Waals surface area (Å²) in [6.45, 7) is 2.95. The summed E-state index contributed by atoms with van der Waals surface area (Å²) >= 11 is 0. The summed E-state index contributed by atoms with van der Waals surface area (Å²) in [5.74, 6) is 0.772. The molecule has 126 valence electrons. The normalized spacial score (nSPS) is 15.5. The van der Waals surface area contributed by atoms with Gasteiger partial charge < -0.3 is 15.5 Å². The highest BCUT2D eigenvalue weighted by Crippen LogP contribution is 2.17. The Bertz CT molecular complexity index is 530. The fourth-order valence-electron chi connectivity index (χ4n) is 2.60. The summed E-state index contributed by atoms with van der Waals surface area (Å²) in [6, 6.07) is 8.85. The Balaban J connectivity index is 1.97. The summed E-state index contributed by atoms with van der Waals surface area (Å²) in [7, 11) is 3.52. The molecule has 0 bridgehead atoms. The first-order valence-electron chi connectivity index (χ1n) is 8.35. The fourth-order valence-corrected chi connectivity index (χ4v) is 2.60. The second-order valence-electron chi connectivity index (χ2n) is 6.42. The van der Waals surface area contributed by atoms with E-state index in [-0.39, 0.29) is 12.5 Å². The first kappa shape index (κ1) is 17.3. The van der Waals surface area contributed by atoms with Gasteiger partial charge in [0.1, 0.15) is 0 Å². The Morgan fingerprint density at radius 3 is 2.48 bits per heavy atom. The van der Waals surface area contributed by atoms with Crippen molar-refractivity contribution in [3.63, 3.8) is 0 Å². The minimum atomic E-state index is 0.0428. The predicted octanol–water partition coefficient (Wildman–Crippen LogP) is 2.06. The Labute approximate surface area is 139 Å². The molecule has 1 aliphatic rings. The molecule has 0 radical (unpaired) electrons. The third-order valence-corrected chi connectivity index (χ3v) is 4.14. The minimum absolute atomic E-state index is 0.0428. The number of carbonyl (C=O) groups is 1. The van der Waals surface area contributed by atoms with Crippen molar-refractivity contribution >= 4 is 11.9 Å². The number of guanidine groups is 1. The molecule has 1 aromatic rings. The van der Waals surface area contributed by atoms with Gasteiger partial charge in [-0.15, -0.1) is 0 Å². The largest absolute Gasteiger partial charge is 0.354 e. The quantitative estimate of drug-likeness (QED) is 0.646. The Hall–Kier alpha value is -2.04. The third kappa shape index (κ3) is 5.93. The molecule has 5 nitrogen and oxygen atoms in total. The number of carbonyl (C=O) groups excluding carboxylic acids is 1. The minimum Gasteiger partial charge on any atom is -0.354 e. The molecule has 0 unspecified atom stereocenters. The highest BCUT2D eigenvalue weighted by Gasteiger charge is 2.16. The fraction of sp³-hybridized carbons (Fsp3) is 0.556. The van der Waals surface area contributed by atoms with Crippen molar-refractivity contribution in [1.29, 1.82) is 0 Å². The van der Waals surface area contributed by atoms with Crippen molar-refractivity contribution in [2.75, 3.05) is 20.6 Å². The maximum absolute atomic E-state index is 11.8. The van der Waals surface area contributed by atoms with Crippen LogP contribution in [0.3, 0.4) is 0 Å². The second kappa shape index (κ2) is 8.56. The van der Waals surface area contributed by atoms with Gasteiger partial charge in [-0.1, -0.05) is 42.7 Å². The first-order chi connectivity index (χ1) is 11.0. The van der Waals surface area contributed by atoms with Gasteiger partial charge in [-0.2, -0.15) is 0 Å². The molecule has 23 heavy (non-hydrogen) atoms. The SMILES string of the molecule is Cc1ccc(CN=C(NCC(=O)N(C)C)NC2CCCC2)cc1. The second-order valence-corrected chi connectivity index (χ2v) is 6.42. The standard InChI is InChI=1S/C18H28N4O/c1-14-8-10-15(11-9-14)12-19-18(20-13-17(23)22(2)3)21-16-6-4-5-7-16/h8-11,16H,4-7,12-13H2,1-3H3,(H2,19,20,21). The van der Waals surface area contributed by atoms with Crippen LogP contribution in [0.25, 0.3) is 0 Å². The van der Waals surface area contributed by atoms with Gasteiger partial charge in [0.2, 0.25) is 5.91 Å². The van der Waals surface area contributed by atoms with E-state index < -0.39 is 0 Å². The van der Waals surface area contributed by atoms with E-state index in [0.717, 1.165) is 5.96 Å². The molecule has 0 aliphatic heterocycles. The highest BCUT2D eigenvalue weighted by atomic mass is 16.2. The molecular formula is C18H28N4O. The van der Waals surface area contributed by atoms with Gasteiger partial charge in [-0.05, 0) is 25.3 Å². The molecule has 1 saturated carbocycles. The number of hydrogen-bond donors (Lipinski definition) is 2. The van der Waals surface area contributed by atoms with Gasteiger partial charge in [-0.25, -0.2) is 4.99 Å². The molecular weight excluding hydrogens is 288 g/mol. The van der Waals surface area contributed by atoms with Crippen LogP contribution >= 0.6 is 0 Å². The molecule has 2 N–H and O–H groups in total. The molecule has 1 amide bonds. The van der Waals surface area contributed by atoms with Gasteiger partial charge in [0.25, 0.3) is 0 Å². The van der Waals surface area contributed by atoms with Gasteiger partial charge in [0.05, 0.1) is 13.1 Å². The van der Waals surface area contributed by atoms with E-state index in [4.69, 9.17) is 0 Å². The summed E-state index contributed by atoms with van der Waals surface area (Å²) in [6.07, 6.45) is 4.87. The van der Waals surface area contributed by atoms with E-state index in [1.807, 2.05) is 0 Å². The average molecular weight is 316 g/mol. The smallest absolute Gasteiger partial charge is 0.241 e. The average Bonchev–Trinajstić information content (AvgIpc) is 3.04. The van der Waals surface area contributed by atoms with Crippen molar-refractivity contribution in [2.24, 2.45) is 4.99 Å². The predicted molar refractivity (Wildman–Crippen MR) is 94.4 cm³/mol. The van der Waals surface area contributed by atoms with Crippen LogP contribution in [0.5, 0.6) is 0 Å². The number of aryl methyl sites for hydroxylation is 1. The third-order valence-electron chi connectivity index (χ3n) is 4.14.